The van der Waals surface area contributed by atoms with E-state index in [0.717, 1.165) is 0 Å². The molecule has 0 aliphatic heterocycles. The van der Waals surface area contributed by atoms with Crippen LogP contribution in [0.1, 0.15) is 13.8 Å². The van der Waals surface area contributed by atoms with Gasteiger partial charge in [0.05, 0.1) is 27.9 Å². The number of methoxy groups -OCH3 is 3. The molecular formula is C13H20O4. The smallest absolute Gasteiger partial charge is 0.203 e. The lowest BCUT2D eigenvalue weighted by Crippen LogP contribution is -2.05. The van der Waals surface area contributed by atoms with Gasteiger partial charge in [0.2, 0.25) is 5.75 Å². The first-order valence-corrected chi connectivity index (χ1v) is 5.55. The molecule has 0 unspecified atom stereocenters. The zero-order chi connectivity index (χ0) is 12.8. The summed E-state index contributed by atoms with van der Waals surface area (Å²) in [5.74, 6) is 2.96. The molecule has 0 heterocycles. The maximum absolute atomic E-state index is 5.64. The SMILES string of the molecule is COc1cc(OCC(C)C)cc(OC)c1OC. The first-order chi connectivity index (χ1) is 8.12. The second kappa shape index (κ2) is 6.23. The molecule has 4 nitrogen and oxygen atoms in total. The van der Waals surface area contributed by atoms with Crippen LogP contribution in [0.15, 0.2) is 12.1 Å². The molecular weight excluding hydrogens is 220 g/mol. The minimum atomic E-state index is 0.467. The van der Waals surface area contributed by atoms with Gasteiger partial charge in [0.15, 0.2) is 11.5 Å². The molecule has 0 spiro atoms. The normalized spacial score (nSPS) is 10.2. The third-order valence-corrected chi connectivity index (χ3v) is 2.22. The van der Waals surface area contributed by atoms with Crippen LogP contribution in [0, 0.1) is 5.92 Å². The van der Waals surface area contributed by atoms with Crippen molar-refractivity contribution in [3.63, 3.8) is 0 Å². The van der Waals surface area contributed by atoms with Gasteiger partial charge in [0, 0.05) is 12.1 Å². The summed E-state index contributed by atoms with van der Waals surface area (Å²) in [4.78, 5) is 0. The maximum atomic E-state index is 5.64. The Hall–Kier alpha value is -1.58. The van der Waals surface area contributed by atoms with E-state index in [0.29, 0.717) is 35.5 Å². The number of benzene rings is 1. The topological polar surface area (TPSA) is 36.9 Å². The molecule has 1 aromatic rings. The van der Waals surface area contributed by atoms with Crippen molar-refractivity contribution < 1.29 is 18.9 Å². The summed E-state index contributed by atoms with van der Waals surface area (Å²) in [5.41, 5.74) is 0. The molecule has 0 fully saturated rings. The number of hydrogen-bond donors (Lipinski definition) is 0. The Bertz CT molecular complexity index is 335. The van der Waals surface area contributed by atoms with E-state index in [2.05, 4.69) is 13.8 Å². The monoisotopic (exact) mass is 240 g/mol. The fourth-order valence-corrected chi connectivity index (χ4v) is 1.40. The van der Waals surface area contributed by atoms with Crippen molar-refractivity contribution in [2.45, 2.75) is 13.8 Å². The lowest BCUT2D eigenvalue weighted by Gasteiger charge is -2.15. The van der Waals surface area contributed by atoms with Gasteiger partial charge in [-0.2, -0.15) is 0 Å². The highest BCUT2D eigenvalue weighted by molar-refractivity contribution is 5.55. The van der Waals surface area contributed by atoms with Gasteiger partial charge in [-0.15, -0.1) is 0 Å². The van der Waals surface area contributed by atoms with Crippen LogP contribution in [0.3, 0.4) is 0 Å². The average molecular weight is 240 g/mol. The minimum absolute atomic E-state index is 0.467. The van der Waals surface area contributed by atoms with Gasteiger partial charge in [-0.1, -0.05) is 13.8 Å². The van der Waals surface area contributed by atoms with Crippen molar-refractivity contribution in [2.75, 3.05) is 27.9 Å². The maximum Gasteiger partial charge on any atom is 0.203 e. The molecule has 1 aromatic carbocycles. The van der Waals surface area contributed by atoms with E-state index in [1.54, 1.807) is 33.5 Å². The Morgan fingerprint density at radius 2 is 1.47 bits per heavy atom. The van der Waals surface area contributed by atoms with Crippen LogP contribution >= 0.6 is 0 Å². The molecule has 0 atom stereocenters. The second-order valence-electron chi connectivity index (χ2n) is 4.07. The van der Waals surface area contributed by atoms with Crippen LogP contribution in [-0.4, -0.2) is 27.9 Å². The lowest BCUT2D eigenvalue weighted by atomic mass is 10.2. The summed E-state index contributed by atoms with van der Waals surface area (Å²) in [7, 11) is 4.75. The summed E-state index contributed by atoms with van der Waals surface area (Å²) in [6, 6.07) is 3.59. The molecule has 0 radical (unpaired) electrons. The fourth-order valence-electron chi connectivity index (χ4n) is 1.40. The molecule has 0 N–H and O–H groups in total. The van der Waals surface area contributed by atoms with Gasteiger partial charge in [-0.25, -0.2) is 0 Å². The Labute approximate surface area is 102 Å². The van der Waals surface area contributed by atoms with Crippen molar-refractivity contribution in [3.05, 3.63) is 12.1 Å². The highest BCUT2D eigenvalue weighted by Gasteiger charge is 2.13. The summed E-state index contributed by atoms with van der Waals surface area (Å²) >= 11 is 0. The van der Waals surface area contributed by atoms with Crippen molar-refractivity contribution in [2.24, 2.45) is 5.92 Å². The fraction of sp³-hybridized carbons (Fsp3) is 0.538. The molecule has 1 rings (SSSR count). The average Bonchev–Trinajstić information content (AvgIpc) is 2.34. The van der Waals surface area contributed by atoms with E-state index < -0.39 is 0 Å². The number of rotatable bonds is 6. The molecule has 0 bridgehead atoms. The summed E-state index contributed by atoms with van der Waals surface area (Å²) < 4.78 is 21.4. The zero-order valence-corrected chi connectivity index (χ0v) is 11.1. The van der Waals surface area contributed by atoms with Gasteiger partial charge in [-0.3, -0.25) is 0 Å². The van der Waals surface area contributed by atoms with E-state index >= 15 is 0 Å². The summed E-state index contributed by atoms with van der Waals surface area (Å²) in [6.45, 7) is 4.84. The molecule has 0 aliphatic rings. The van der Waals surface area contributed by atoms with Crippen molar-refractivity contribution in [3.8, 4) is 23.0 Å². The number of ether oxygens (including phenoxy) is 4. The predicted molar refractivity (Wildman–Crippen MR) is 66.4 cm³/mol. The van der Waals surface area contributed by atoms with Crippen molar-refractivity contribution >= 4 is 0 Å². The van der Waals surface area contributed by atoms with Crippen LogP contribution in [0.4, 0.5) is 0 Å². The first kappa shape index (κ1) is 13.5. The van der Waals surface area contributed by atoms with Gasteiger partial charge in [-0.05, 0) is 5.92 Å². The lowest BCUT2D eigenvalue weighted by molar-refractivity contribution is 0.264. The summed E-state index contributed by atoms with van der Waals surface area (Å²) in [6.07, 6.45) is 0. The molecule has 4 heteroatoms. The molecule has 0 aromatic heterocycles. The van der Waals surface area contributed by atoms with Crippen LogP contribution in [-0.2, 0) is 0 Å². The van der Waals surface area contributed by atoms with Gasteiger partial charge >= 0.3 is 0 Å². The van der Waals surface area contributed by atoms with Gasteiger partial charge < -0.3 is 18.9 Å². The highest BCUT2D eigenvalue weighted by Crippen LogP contribution is 2.40. The van der Waals surface area contributed by atoms with Crippen LogP contribution in [0.25, 0.3) is 0 Å². The predicted octanol–water partition coefficient (Wildman–Crippen LogP) is 2.75. The van der Waals surface area contributed by atoms with E-state index in [9.17, 15) is 0 Å². The molecule has 17 heavy (non-hydrogen) atoms. The molecule has 0 amide bonds. The third-order valence-electron chi connectivity index (χ3n) is 2.22. The molecule has 0 saturated carbocycles. The van der Waals surface area contributed by atoms with Gasteiger partial charge in [0.25, 0.3) is 0 Å². The number of hydrogen-bond acceptors (Lipinski definition) is 4. The second-order valence-corrected chi connectivity index (χ2v) is 4.07. The first-order valence-electron chi connectivity index (χ1n) is 5.55. The van der Waals surface area contributed by atoms with Crippen molar-refractivity contribution in [1.82, 2.24) is 0 Å². The van der Waals surface area contributed by atoms with Crippen molar-refractivity contribution in [1.29, 1.82) is 0 Å². The van der Waals surface area contributed by atoms with E-state index in [1.807, 2.05) is 0 Å². The Morgan fingerprint density at radius 3 is 1.82 bits per heavy atom. The largest absolute Gasteiger partial charge is 0.493 e. The molecule has 0 saturated heterocycles. The quantitative estimate of drug-likeness (QED) is 0.766. The summed E-state index contributed by atoms with van der Waals surface area (Å²) in [5, 5.41) is 0. The van der Waals surface area contributed by atoms with E-state index in [4.69, 9.17) is 18.9 Å². The van der Waals surface area contributed by atoms with Gasteiger partial charge in [0.1, 0.15) is 5.75 Å². The Balaban J connectivity index is 3.00. The van der Waals surface area contributed by atoms with Crippen LogP contribution < -0.4 is 18.9 Å². The van der Waals surface area contributed by atoms with Crippen LogP contribution in [0.2, 0.25) is 0 Å². The Morgan fingerprint density at radius 1 is 0.941 bits per heavy atom. The van der Waals surface area contributed by atoms with Crippen LogP contribution in [0.5, 0.6) is 23.0 Å². The zero-order valence-electron chi connectivity index (χ0n) is 11.1. The highest BCUT2D eigenvalue weighted by atomic mass is 16.5. The molecule has 96 valence electrons. The Kier molecular flexibility index (Phi) is 4.94. The van der Waals surface area contributed by atoms with E-state index in [1.165, 1.54) is 0 Å². The standard InChI is InChI=1S/C13H20O4/c1-9(2)8-17-10-6-11(14-3)13(16-5)12(7-10)15-4/h6-7,9H,8H2,1-5H3. The van der Waals surface area contributed by atoms with E-state index in [-0.39, 0.29) is 0 Å². The molecule has 0 aliphatic carbocycles. The minimum Gasteiger partial charge on any atom is -0.493 e. The third kappa shape index (κ3) is 3.44.